The van der Waals surface area contributed by atoms with E-state index in [0.717, 1.165) is 34.2 Å². The summed E-state index contributed by atoms with van der Waals surface area (Å²) >= 11 is 3.42. The highest BCUT2D eigenvalue weighted by Crippen LogP contribution is 2.24. The Bertz CT molecular complexity index is 1040. The molecule has 0 saturated carbocycles. The molecule has 0 aromatic carbocycles. The molecular weight excluding hydrogens is 450 g/mol. The van der Waals surface area contributed by atoms with Crippen molar-refractivity contribution in [2.75, 3.05) is 13.1 Å². The lowest BCUT2D eigenvalue weighted by Gasteiger charge is -2.33. The molecule has 0 radical (unpaired) electrons. The van der Waals surface area contributed by atoms with Crippen LogP contribution in [0.1, 0.15) is 33.6 Å². The van der Waals surface area contributed by atoms with Gasteiger partial charge in [0.1, 0.15) is 17.5 Å². The summed E-state index contributed by atoms with van der Waals surface area (Å²) in [6.45, 7) is 6.87. The van der Waals surface area contributed by atoms with E-state index in [1.165, 1.54) is 0 Å². The van der Waals surface area contributed by atoms with Gasteiger partial charge in [-0.25, -0.2) is 14.3 Å². The number of fused-ring (bicyclic) bond motifs is 1. The average Bonchev–Trinajstić information content (AvgIpc) is 3.08. The number of piperidine rings is 1. The monoisotopic (exact) mass is 473 g/mol. The summed E-state index contributed by atoms with van der Waals surface area (Å²) < 4.78 is 14.1. The molecule has 1 amide bonds. The molecule has 1 fully saturated rings. The van der Waals surface area contributed by atoms with Crippen LogP contribution < -0.4 is 4.74 Å². The summed E-state index contributed by atoms with van der Waals surface area (Å²) in [5.41, 5.74) is 1.95. The van der Waals surface area contributed by atoms with Gasteiger partial charge in [0.2, 0.25) is 0 Å². The van der Waals surface area contributed by atoms with Crippen molar-refractivity contribution in [3.8, 4) is 17.0 Å². The van der Waals surface area contributed by atoms with Gasteiger partial charge < -0.3 is 14.4 Å². The molecule has 3 aromatic heterocycles. The topological polar surface area (TPSA) is 81.8 Å². The Labute approximate surface area is 183 Å². The molecule has 0 aliphatic carbocycles. The van der Waals surface area contributed by atoms with Crippen LogP contribution in [0, 0.1) is 0 Å². The lowest BCUT2D eigenvalue weighted by molar-refractivity contribution is 0.0126. The Hall–Kier alpha value is -2.68. The van der Waals surface area contributed by atoms with Crippen LogP contribution in [0.25, 0.3) is 16.9 Å². The molecule has 1 saturated heterocycles. The lowest BCUT2D eigenvalue weighted by Crippen LogP contribution is -2.44. The number of hydrogen-bond donors (Lipinski definition) is 0. The number of amides is 1. The van der Waals surface area contributed by atoms with Gasteiger partial charge in [-0.05, 0) is 48.8 Å². The minimum absolute atomic E-state index is 0.0516. The first-order valence-electron chi connectivity index (χ1n) is 9.88. The number of ether oxygens (including phenoxy) is 2. The number of carbonyl (C=O) groups is 1. The van der Waals surface area contributed by atoms with Crippen LogP contribution in [-0.2, 0) is 4.74 Å². The summed E-state index contributed by atoms with van der Waals surface area (Å²) in [6.07, 6.45) is 8.41. The number of halogens is 1. The van der Waals surface area contributed by atoms with Gasteiger partial charge in [0.15, 0.2) is 5.65 Å². The quantitative estimate of drug-likeness (QED) is 0.562. The van der Waals surface area contributed by atoms with Crippen molar-refractivity contribution in [1.29, 1.82) is 0 Å². The summed E-state index contributed by atoms with van der Waals surface area (Å²) in [5.74, 6) is 0.713. The molecule has 0 spiro atoms. The molecule has 0 atom stereocenters. The largest absolute Gasteiger partial charge is 0.489 e. The third-order valence-corrected chi connectivity index (χ3v) is 5.30. The van der Waals surface area contributed by atoms with Gasteiger partial charge in [-0.1, -0.05) is 0 Å². The van der Waals surface area contributed by atoms with Gasteiger partial charge in [-0.15, -0.1) is 0 Å². The summed E-state index contributed by atoms with van der Waals surface area (Å²) in [5, 5.41) is 4.26. The number of carbonyl (C=O) groups excluding carboxylic acids is 1. The van der Waals surface area contributed by atoms with Crippen LogP contribution in [0.5, 0.6) is 5.75 Å². The first-order chi connectivity index (χ1) is 14.3. The predicted molar refractivity (Wildman–Crippen MR) is 115 cm³/mol. The normalized spacial score (nSPS) is 15.4. The van der Waals surface area contributed by atoms with Crippen LogP contribution in [0.2, 0.25) is 0 Å². The fourth-order valence-corrected chi connectivity index (χ4v) is 3.65. The zero-order valence-electron chi connectivity index (χ0n) is 17.2. The van der Waals surface area contributed by atoms with Crippen LogP contribution >= 0.6 is 15.9 Å². The van der Waals surface area contributed by atoms with Crippen LogP contribution in [0.4, 0.5) is 4.79 Å². The smallest absolute Gasteiger partial charge is 0.410 e. The molecular formula is C21H24BrN5O3. The minimum Gasteiger partial charge on any atom is -0.489 e. The second-order valence-corrected chi connectivity index (χ2v) is 9.12. The van der Waals surface area contributed by atoms with E-state index >= 15 is 0 Å². The van der Waals surface area contributed by atoms with Crippen molar-refractivity contribution in [2.24, 2.45) is 0 Å². The number of nitrogens with zero attached hydrogens (tertiary/aromatic N) is 5. The number of aromatic nitrogens is 4. The fraction of sp³-hybridized carbons (Fsp3) is 0.429. The SMILES string of the molecule is CC(C)(C)OC(=O)N1CCC(Oc2ccc(-c3cnc4c(Br)cnn4c3)nc2)CC1. The molecule has 9 heteroatoms. The Balaban J connectivity index is 1.34. The van der Waals surface area contributed by atoms with E-state index in [2.05, 4.69) is 31.0 Å². The van der Waals surface area contributed by atoms with Crippen LogP contribution in [0.15, 0.2) is 41.4 Å². The second-order valence-electron chi connectivity index (χ2n) is 8.27. The molecule has 30 heavy (non-hydrogen) atoms. The number of hydrogen-bond acceptors (Lipinski definition) is 6. The molecule has 0 bridgehead atoms. The molecule has 0 unspecified atom stereocenters. The average molecular weight is 474 g/mol. The van der Waals surface area contributed by atoms with Crippen molar-refractivity contribution >= 4 is 27.7 Å². The number of pyridine rings is 1. The summed E-state index contributed by atoms with van der Waals surface area (Å²) in [7, 11) is 0. The predicted octanol–water partition coefficient (Wildman–Crippen LogP) is 4.33. The summed E-state index contributed by atoms with van der Waals surface area (Å²) in [6, 6.07) is 3.82. The third kappa shape index (κ3) is 4.72. The molecule has 1 aliphatic rings. The fourth-order valence-electron chi connectivity index (χ4n) is 3.27. The Morgan fingerprint density at radius 3 is 2.57 bits per heavy atom. The van der Waals surface area contributed by atoms with Crippen LogP contribution in [0.3, 0.4) is 0 Å². The second kappa shape index (κ2) is 8.22. The standard InChI is InChI=1S/C21H24BrN5O3/c1-21(2,3)30-20(28)26-8-6-15(7-9-26)29-16-4-5-18(23-11-16)14-10-24-19-17(22)12-25-27(19)13-14/h4-5,10-13,15H,6-9H2,1-3H3. The van der Waals surface area contributed by atoms with Crippen molar-refractivity contribution in [3.63, 3.8) is 0 Å². The Morgan fingerprint density at radius 1 is 1.13 bits per heavy atom. The molecule has 1 aliphatic heterocycles. The Morgan fingerprint density at radius 2 is 1.90 bits per heavy atom. The molecule has 4 heterocycles. The van der Waals surface area contributed by atoms with E-state index in [9.17, 15) is 4.79 Å². The molecule has 4 rings (SSSR count). The van der Waals surface area contributed by atoms with Crippen molar-refractivity contribution < 1.29 is 14.3 Å². The highest BCUT2D eigenvalue weighted by Gasteiger charge is 2.27. The van der Waals surface area contributed by atoms with E-state index in [1.54, 1.807) is 28.0 Å². The van der Waals surface area contributed by atoms with Gasteiger partial charge in [0, 0.05) is 43.9 Å². The van der Waals surface area contributed by atoms with E-state index in [1.807, 2.05) is 39.1 Å². The van der Waals surface area contributed by atoms with Gasteiger partial charge >= 0.3 is 6.09 Å². The van der Waals surface area contributed by atoms with Gasteiger partial charge in [0.05, 0.1) is 22.6 Å². The third-order valence-electron chi connectivity index (χ3n) is 4.74. The first kappa shape index (κ1) is 20.6. The van der Waals surface area contributed by atoms with E-state index in [0.29, 0.717) is 18.8 Å². The van der Waals surface area contributed by atoms with E-state index < -0.39 is 5.60 Å². The molecule has 158 valence electrons. The van der Waals surface area contributed by atoms with Gasteiger partial charge in [0.25, 0.3) is 0 Å². The van der Waals surface area contributed by atoms with Crippen molar-refractivity contribution in [2.45, 2.75) is 45.3 Å². The van der Waals surface area contributed by atoms with E-state index in [4.69, 9.17) is 9.47 Å². The Kier molecular flexibility index (Phi) is 5.64. The zero-order chi connectivity index (χ0) is 21.3. The summed E-state index contributed by atoms with van der Waals surface area (Å²) in [4.78, 5) is 22.8. The first-order valence-corrected chi connectivity index (χ1v) is 10.7. The highest BCUT2D eigenvalue weighted by atomic mass is 79.9. The molecule has 0 N–H and O–H groups in total. The van der Waals surface area contributed by atoms with Gasteiger partial charge in [-0.2, -0.15) is 5.10 Å². The number of rotatable bonds is 3. The maximum Gasteiger partial charge on any atom is 0.410 e. The maximum absolute atomic E-state index is 12.2. The molecule has 3 aromatic rings. The minimum atomic E-state index is -0.480. The van der Waals surface area contributed by atoms with Crippen LogP contribution in [-0.4, -0.2) is 55.4 Å². The maximum atomic E-state index is 12.2. The zero-order valence-corrected chi connectivity index (χ0v) is 18.8. The lowest BCUT2D eigenvalue weighted by atomic mass is 10.1. The van der Waals surface area contributed by atoms with Crippen molar-refractivity contribution in [1.82, 2.24) is 24.5 Å². The number of likely N-dealkylation sites (tertiary alicyclic amines) is 1. The highest BCUT2D eigenvalue weighted by molar-refractivity contribution is 9.10. The van der Waals surface area contributed by atoms with Gasteiger partial charge in [-0.3, -0.25) is 4.98 Å². The van der Waals surface area contributed by atoms with E-state index in [-0.39, 0.29) is 12.2 Å². The molecule has 8 nitrogen and oxygen atoms in total. The van der Waals surface area contributed by atoms with Crippen molar-refractivity contribution in [3.05, 3.63) is 41.4 Å².